The average molecular weight is 415 g/mol. The lowest BCUT2D eigenvalue weighted by atomic mass is 10.2. The third-order valence-electron chi connectivity index (χ3n) is 4.19. The maximum absolute atomic E-state index is 12.3. The highest BCUT2D eigenvalue weighted by molar-refractivity contribution is 7.13. The summed E-state index contributed by atoms with van der Waals surface area (Å²) in [6, 6.07) is 14.9. The summed E-state index contributed by atoms with van der Waals surface area (Å²) in [6.45, 7) is 3.37. The van der Waals surface area contributed by atoms with Crippen LogP contribution in [0.3, 0.4) is 0 Å². The first kappa shape index (κ1) is 20.4. The molecule has 28 heavy (non-hydrogen) atoms. The van der Waals surface area contributed by atoms with Gasteiger partial charge in [0.2, 0.25) is 0 Å². The van der Waals surface area contributed by atoms with Crippen LogP contribution in [0.4, 0.5) is 0 Å². The third-order valence-corrected chi connectivity index (χ3v) is 5.38. The van der Waals surface area contributed by atoms with Gasteiger partial charge in [0.1, 0.15) is 10.8 Å². The van der Waals surface area contributed by atoms with Crippen LogP contribution in [0.15, 0.2) is 53.9 Å². The Hall–Kier alpha value is -2.37. The van der Waals surface area contributed by atoms with Crippen LogP contribution in [0.2, 0.25) is 5.02 Å². The molecule has 0 fully saturated rings. The molecular weight excluding hydrogens is 392 g/mol. The van der Waals surface area contributed by atoms with Crippen LogP contribution in [0.25, 0.3) is 10.6 Å². The lowest BCUT2D eigenvalue weighted by molar-refractivity contribution is 0.0954. The molecule has 0 atom stereocenters. The van der Waals surface area contributed by atoms with Crippen LogP contribution in [-0.2, 0) is 6.42 Å². The smallest absolute Gasteiger partial charge is 0.251 e. The van der Waals surface area contributed by atoms with Gasteiger partial charge >= 0.3 is 0 Å². The summed E-state index contributed by atoms with van der Waals surface area (Å²) >= 11 is 7.52. The van der Waals surface area contributed by atoms with E-state index in [1.807, 2.05) is 41.8 Å². The van der Waals surface area contributed by atoms with E-state index in [-0.39, 0.29) is 5.91 Å². The van der Waals surface area contributed by atoms with E-state index in [1.54, 1.807) is 23.5 Å². The molecule has 0 unspecified atom stereocenters. The third kappa shape index (κ3) is 5.81. The van der Waals surface area contributed by atoms with E-state index in [9.17, 15) is 4.79 Å². The quantitative estimate of drug-likeness (QED) is 0.462. The van der Waals surface area contributed by atoms with Gasteiger partial charge in [-0.25, -0.2) is 4.98 Å². The van der Waals surface area contributed by atoms with Crippen LogP contribution < -0.4 is 10.1 Å². The molecule has 1 amide bonds. The lowest BCUT2D eigenvalue weighted by Gasteiger charge is -2.07. The highest BCUT2D eigenvalue weighted by Gasteiger charge is 2.08. The summed E-state index contributed by atoms with van der Waals surface area (Å²) in [7, 11) is 0. The summed E-state index contributed by atoms with van der Waals surface area (Å²) < 4.78 is 5.62. The van der Waals surface area contributed by atoms with Crippen molar-refractivity contribution >= 4 is 28.8 Å². The van der Waals surface area contributed by atoms with Gasteiger partial charge in [-0.2, -0.15) is 0 Å². The van der Waals surface area contributed by atoms with Gasteiger partial charge in [0, 0.05) is 34.5 Å². The fraction of sp³-hybridized carbons (Fsp3) is 0.273. The lowest BCUT2D eigenvalue weighted by Crippen LogP contribution is -2.25. The minimum atomic E-state index is -0.0896. The fourth-order valence-corrected chi connectivity index (χ4v) is 3.58. The van der Waals surface area contributed by atoms with Crippen molar-refractivity contribution < 1.29 is 9.53 Å². The van der Waals surface area contributed by atoms with Gasteiger partial charge in [-0.1, -0.05) is 37.1 Å². The van der Waals surface area contributed by atoms with Gasteiger partial charge in [0.15, 0.2) is 0 Å². The van der Waals surface area contributed by atoms with Crippen molar-refractivity contribution in [3.05, 3.63) is 70.2 Å². The zero-order chi connectivity index (χ0) is 19.8. The van der Waals surface area contributed by atoms with Gasteiger partial charge in [-0.15, -0.1) is 11.3 Å². The monoisotopic (exact) mass is 414 g/mol. The molecule has 0 saturated heterocycles. The zero-order valence-electron chi connectivity index (χ0n) is 15.8. The first-order valence-electron chi connectivity index (χ1n) is 9.37. The Labute approximate surface area is 174 Å². The number of amides is 1. The minimum Gasteiger partial charge on any atom is -0.494 e. The highest BCUT2D eigenvalue weighted by Crippen LogP contribution is 2.25. The minimum absolute atomic E-state index is 0.0896. The second-order valence-corrected chi connectivity index (χ2v) is 7.68. The number of carbonyl (C=O) groups excluding carboxylic acids is 1. The molecule has 0 radical (unpaired) electrons. The van der Waals surface area contributed by atoms with E-state index < -0.39 is 0 Å². The van der Waals surface area contributed by atoms with E-state index in [2.05, 4.69) is 17.2 Å². The zero-order valence-corrected chi connectivity index (χ0v) is 17.4. The Kier molecular flexibility index (Phi) is 7.46. The first-order valence-corrected chi connectivity index (χ1v) is 10.6. The van der Waals surface area contributed by atoms with Crippen molar-refractivity contribution in [2.75, 3.05) is 13.2 Å². The molecule has 1 aromatic heterocycles. The maximum atomic E-state index is 12.3. The predicted molar refractivity (Wildman–Crippen MR) is 115 cm³/mol. The fourth-order valence-electron chi connectivity index (χ4n) is 2.59. The number of rotatable bonds is 9. The Morgan fingerprint density at radius 2 is 1.89 bits per heavy atom. The molecule has 0 aliphatic heterocycles. The Morgan fingerprint density at radius 1 is 1.14 bits per heavy atom. The summed E-state index contributed by atoms with van der Waals surface area (Å²) in [6.07, 6.45) is 2.81. The molecule has 1 heterocycles. The van der Waals surface area contributed by atoms with Crippen LogP contribution in [-0.4, -0.2) is 24.0 Å². The number of hydrogen-bond donors (Lipinski definition) is 1. The SMILES string of the molecule is CCCCOc1ccc(C(=O)NCCc2csc(-c3ccc(Cl)cc3)n2)cc1. The molecule has 1 N–H and O–H groups in total. The van der Waals surface area contributed by atoms with E-state index in [1.165, 1.54) is 0 Å². The summed E-state index contributed by atoms with van der Waals surface area (Å²) in [5.74, 6) is 0.704. The second-order valence-electron chi connectivity index (χ2n) is 6.38. The number of nitrogens with one attached hydrogen (secondary N) is 1. The van der Waals surface area contributed by atoms with Crippen molar-refractivity contribution in [1.82, 2.24) is 10.3 Å². The van der Waals surface area contributed by atoms with Crippen molar-refractivity contribution in [3.63, 3.8) is 0 Å². The highest BCUT2D eigenvalue weighted by atomic mass is 35.5. The molecule has 3 rings (SSSR count). The van der Waals surface area contributed by atoms with Crippen LogP contribution >= 0.6 is 22.9 Å². The molecule has 0 aliphatic carbocycles. The first-order chi connectivity index (χ1) is 13.7. The molecule has 4 nitrogen and oxygen atoms in total. The molecule has 0 spiro atoms. The standard InChI is InChI=1S/C22H23ClN2O2S/c1-2-3-14-27-20-10-6-16(7-11-20)21(26)24-13-12-19-15-28-22(25-19)17-4-8-18(23)9-5-17/h4-11,15H,2-3,12-14H2,1H3,(H,24,26). The molecule has 0 saturated carbocycles. The number of aromatic nitrogens is 1. The van der Waals surface area contributed by atoms with Gasteiger partial charge < -0.3 is 10.1 Å². The molecular formula is C22H23ClN2O2S. The van der Waals surface area contributed by atoms with Crippen molar-refractivity contribution in [3.8, 4) is 16.3 Å². The topological polar surface area (TPSA) is 51.2 Å². The maximum Gasteiger partial charge on any atom is 0.251 e. The van der Waals surface area contributed by atoms with Gasteiger partial charge in [-0.3, -0.25) is 4.79 Å². The summed E-state index contributed by atoms with van der Waals surface area (Å²) in [5.41, 5.74) is 2.64. The number of unbranched alkanes of at least 4 members (excludes halogenated alkanes) is 1. The number of ether oxygens (including phenoxy) is 1. The Bertz CT molecular complexity index is 892. The summed E-state index contributed by atoms with van der Waals surface area (Å²) in [5, 5.41) is 6.64. The molecule has 6 heteroatoms. The Morgan fingerprint density at radius 3 is 2.61 bits per heavy atom. The van der Waals surface area contributed by atoms with Gasteiger partial charge in [0.05, 0.1) is 12.3 Å². The van der Waals surface area contributed by atoms with Gasteiger partial charge in [-0.05, 0) is 42.8 Å². The molecule has 146 valence electrons. The van der Waals surface area contributed by atoms with Crippen LogP contribution in [0.5, 0.6) is 5.75 Å². The Balaban J connectivity index is 1.47. The number of thiazole rings is 1. The van der Waals surface area contributed by atoms with Gasteiger partial charge in [0.25, 0.3) is 5.91 Å². The normalized spacial score (nSPS) is 10.6. The van der Waals surface area contributed by atoms with E-state index in [4.69, 9.17) is 16.3 Å². The van der Waals surface area contributed by atoms with Crippen LogP contribution in [0, 0.1) is 0 Å². The number of benzene rings is 2. The molecule has 3 aromatic rings. The molecule has 2 aromatic carbocycles. The van der Waals surface area contributed by atoms with E-state index in [0.717, 1.165) is 34.9 Å². The van der Waals surface area contributed by atoms with E-state index >= 15 is 0 Å². The van der Waals surface area contributed by atoms with E-state index in [0.29, 0.717) is 30.2 Å². The van der Waals surface area contributed by atoms with Crippen molar-refractivity contribution in [2.24, 2.45) is 0 Å². The van der Waals surface area contributed by atoms with Crippen molar-refractivity contribution in [1.29, 1.82) is 0 Å². The largest absolute Gasteiger partial charge is 0.494 e. The number of halogens is 1. The molecule has 0 aliphatic rings. The number of nitrogens with zero attached hydrogens (tertiary/aromatic N) is 1. The summed E-state index contributed by atoms with van der Waals surface area (Å²) in [4.78, 5) is 16.9. The average Bonchev–Trinajstić information content (AvgIpc) is 3.18. The number of hydrogen-bond acceptors (Lipinski definition) is 4. The van der Waals surface area contributed by atoms with Crippen molar-refractivity contribution in [2.45, 2.75) is 26.2 Å². The predicted octanol–water partition coefficient (Wildman–Crippen LogP) is 5.61. The molecule has 0 bridgehead atoms. The number of carbonyl (C=O) groups is 1. The second kappa shape index (κ2) is 10.2. The van der Waals surface area contributed by atoms with Crippen LogP contribution in [0.1, 0.15) is 35.8 Å².